The Morgan fingerprint density at radius 3 is 2.67 bits per heavy atom. The van der Waals surface area contributed by atoms with E-state index in [9.17, 15) is 0 Å². The van der Waals surface area contributed by atoms with Gasteiger partial charge in [0.05, 0.1) is 0 Å². The summed E-state index contributed by atoms with van der Waals surface area (Å²) in [4.78, 5) is 3.00. The summed E-state index contributed by atoms with van der Waals surface area (Å²) in [7, 11) is 0. The van der Waals surface area contributed by atoms with Gasteiger partial charge in [0.2, 0.25) is 0 Å². The molecule has 0 amide bonds. The van der Waals surface area contributed by atoms with E-state index < -0.39 is 0 Å². The van der Waals surface area contributed by atoms with Gasteiger partial charge in [-0.3, -0.25) is 0 Å². The van der Waals surface area contributed by atoms with Crippen LogP contribution in [0.3, 0.4) is 0 Å². The summed E-state index contributed by atoms with van der Waals surface area (Å²) in [6.45, 7) is 1.21. The van der Waals surface area contributed by atoms with Crippen LogP contribution in [0.4, 0.5) is 0 Å². The Morgan fingerprint density at radius 1 is 1.13 bits per heavy atom. The lowest BCUT2D eigenvalue weighted by molar-refractivity contribution is 0.172. The molecular weight excluding hydrogens is 210 g/mol. The highest BCUT2D eigenvalue weighted by Crippen LogP contribution is 2.34. The zero-order valence-corrected chi connectivity index (χ0v) is 8.76. The van der Waals surface area contributed by atoms with Crippen molar-refractivity contribution >= 4 is 23.0 Å². The third kappa shape index (κ3) is 1.37. The molecule has 1 N–H and O–H groups in total. The molecular formula is C11H9NO2S. The summed E-state index contributed by atoms with van der Waals surface area (Å²) in [6.07, 6.45) is 1.83. The Bertz CT molecular complexity index is 576. The van der Waals surface area contributed by atoms with Gasteiger partial charge in [-0.2, -0.15) is 0 Å². The number of hydrogen-bond donors (Lipinski definition) is 1. The fourth-order valence-corrected chi connectivity index (χ4v) is 1.97. The third-order valence-electron chi connectivity index (χ3n) is 2.44. The first-order valence-corrected chi connectivity index (χ1v) is 5.16. The second-order valence-corrected chi connectivity index (χ2v) is 3.80. The number of rotatable bonds is 0. The number of fused-ring (bicyclic) bond motifs is 2. The second kappa shape index (κ2) is 3.24. The highest BCUT2D eigenvalue weighted by atomic mass is 32.1. The highest BCUT2D eigenvalue weighted by molar-refractivity contribution is 7.71. The van der Waals surface area contributed by atoms with Gasteiger partial charge in [0.15, 0.2) is 11.5 Å². The molecule has 2 heterocycles. The molecule has 0 radical (unpaired) electrons. The highest BCUT2D eigenvalue weighted by Gasteiger charge is 2.12. The minimum atomic E-state index is 0.599. The van der Waals surface area contributed by atoms with E-state index >= 15 is 0 Å². The molecule has 3 nitrogen and oxygen atoms in total. The van der Waals surface area contributed by atoms with E-state index in [0.29, 0.717) is 13.2 Å². The third-order valence-corrected chi connectivity index (χ3v) is 2.77. The maximum atomic E-state index is 5.50. The topological polar surface area (TPSA) is 34.2 Å². The van der Waals surface area contributed by atoms with Crippen LogP contribution in [0, 0.1) is 4.64 Å². The Morgan fingerprint density at radius 2 is 1.87 bits per heavy atom. The van der Waals surface area contributed by atoms with Crippen LogP contribution in [0.1, 0.15) is 0 Å². The van der Waals surface area contributed by atoms with Gasteiger partial charge in [-0.25, -0.2) is 0 Å². The van der Waals surface area contributed by atoms with Crippen molar-refractivity contribution in [2.75, 3.05) is 13.2 Å². The average Bonchev–Trinajstić information content (AvgIpc) is 2.27. The van der Waals surface area contributed by atoms with Gasteiger partial charge in [0.1, 0.15) is 17.9 Å². The van der Waals surface area contributed by atoms with E-state index in [-0.39, 0.29) is 0 Å². The summed E-state index contributed by atoms with van der Waals surface area (Å²) in [5.74, 6) is 1.58. The number of ether oxygens (including phenoxy) is 2. The van der Waals surface area contributed by atoms with E-state index in [0.717, 1.165) is 26.9 Å². The van der Waals surface area contributed by atoms with E-state index in [1.165, 1.54) is 0 Å². The van der Waals surface area contributed by atoms with Gasteiger partial charge in [-0.1, -0.05) is 12.2 Å². The number of pyridine rings is 1. The van der Waals surface area contributed by atoms with Crippen molar-refractivity contribution in [2.24, 2.45) is 0 Å². The summed E-state index contributed by atoms with van der Waals surface area (Å²) < 4.78 is 11.7. The molecule has 1 aromatic heterocycles. The molecule has 0 saturated carbocycles. The molecule has 1 aromatic carbocycles. The summed E-state index contributed by atoms with van der Waals surface area (Å²) in [6, 6.07) is 5.87. The minimum absolute atomic E-state index is 0.599. The van der Waals surface area contributed by atoms with Crippen LogP contribution in [0.15, 0.2) is 24.4 Å². The number of aromatic amines is 1. The van der Waals surface area contributed by atoms with Crippen molar-refractivity contribution in [3.05, 3.63) is 29.0 Å². The molecule has 4 heteroatoms. The van der Waals surface area contributed by atoms with Crippen LogP contribution in [-0.4, -0.2) is 18.2 Å². The average molecular weight is 219 g/mol. The van der Waals surface area contributed by atoms with Crippen LogP contribution in [0.25, 0.3) is 10.8 Å². The molecule has 0 aliphatic carbocycles. The van der Waals surface area contributed by atoms with Crippen molar-refractivity contribution in [1.82, 2.24) is 4.98 Å². The molecule has 1 aliphatic heterocycles. The van der Waals surface area contributed by atoms with Crippen molar-refractivity contribution < 1.29 is 9.47 Å². The standard InChI is InChI=1S/C11H9NO2S/c15-11-8-6-10-9(13-3-4-14-10)5-7(8)1-2-12-11/h1-2,5-6H,3-4H2,(H,12,15). The van der Waals surface area contributed by atoms with Gasteiger partial charge in [0.25, 0.3) is 0 Å². The summed E-state index contributed by atoms with van der Waals surface area (Å²) in [5, 5.41) is 2.07. The van der Waals surface area contributed by atoms with Gasteiger partial charge in [-0.05, 0) is 23.6 Å². The molecule has 0 atom stereocenters. The van der Waals surface area contributed by atoms with Gasteiger partial charge in [-0.15, -0.1) is 0 Å². The van der Waals surface area contributed by atoms with Crippen LogP contribution in [-0.2, 0) is 0 Å². The Labute approximate surface area is 91.6 Å². The molecule has 2 aromatic rings. The molecule has 15 heavy (non-hydrogen) atoms. The molecule has 0 fully saturated rings. The number of aromatic nitrogens is 1. The molecule has 1 aliphatic rings. The zero-order chi connectivity index (χ0) is 10.3. The van der Waals surface area contributed by atoms with E-state index in [4.69, 9.17) is 21.7 Å². The first kappa shape index (κ1) is 8.73. The van der Waals surface area contributed by atoms with Crippen LogP contribution in [0.5, 0.6) is 11.5 Å². The fraction of sp³-hybridized carbons (Fsp3) is 0.182. The van der Waals surface area contributed by atoms with Crippen molar-refractivity contribution in [3.63, 3.8) is 0 Å². The fourth-order valence-electron chi connectivity index (χ4n) is 1.72. The predicted molar refractivity (Wildman–Crippen MR) is 60.1 cm³/mol. The van der Waals surface area contributed by atoms with Gasteiger partial charge < -0.3 is 14.5 Å². The van der Waals surface area contributed by atoms with Crippen LogP contribution in [0.2, 0.25) is 0 Å². The second-order valence-electron chi connectivity index (χ2n) is 3.39. The van der Waals surface area contributed by atoms with E-state index in [1.54, 1.807) is 0 Å². The lowest BCUT2D eigenvalue weighted by Crippen LogP contribution is -2.15. The molecule has 76 valence electrons. The van der Waals surface area contributed by atoms with Crippen molar-refractivity contribution in [1.29, 1.82) is 0 Å². The van der Waals surface area contributed by atoms with Gasteiger partial charge >= 0.3 is 0 Å². The Balaban J connectivity index is 2.36. The number of H-pyrrole nitrogens is 1. The van der Waals surface area contributed by atoms with Gasteiger partial charge in [0, 0.05) is 11.6 Å². The molecule has 0 saturated heterocycles. The first-order chi connectivity index (χ1) is 7.34. The van der Waals surface area contributed by atoms with Crippen LogP contribution >= 0.6 is 12.2 Å². The smallest absolute Gasteiger partial charge is 0.162 e. The number of hydrogen-bond acceptors (Lipinski definition) is 3. The molecule has 0 spiro atoms. The number of benzene rings is 1. The monoisotopic (exact) mass is 219 g/mol. The van der Waals surface area contributed by atoms with Crippen LogP contribution < -0.4 is 9.47 Å². The predicted octanol–water partition coefficient (Wildman–Crippen LogP) is 2.67. The first-order valence-electron chi connectivity index (χ1n) is 4.76. The minimum Gasteiger partial charge on any atom is -0.486 e. The maximum Gasteiger partial charge on any atom is 0.162 e. The number of nitrogens with one attached hydrogen (secondary N) is 1. The molecule has 0 unspecified atom stereocenters. The molecule has 0 bridgehead atoms. The largest absolute Gasteiger partial charge is 0.486 e. The SMILES string of the molecule is S=c1[nH]ccc2cc3c(cc12)OCCO3. The lowest BCUT2D eigenvalue weighted by atomic mass is 10.1. The quantitative estimate of drug-likeness (QED) is 0.692. The summed E-state index contributed by atoms with van der Waals surface area (Å²) in [5.41, 5.74) is 0. The Kier molecular flexibility index (Phi) is 1.89. The normalized spacial score (nSPS) is 14.1. The lowest BCUT2D eigenvalue weighted by Gasteiger charge is -2.18. The van der Waals surface area contributed by atoms with E-state index in [2.05, 4.69) is 4.98 Å². The van der Waals surface area contributed by atoms with E-state index in [1.807, 2.05) is 24.4 Å². The van der Waals surface area contributed by atoms with Crippen molar-refractivity contribution in [3.8, 4) is 11.5 Å². The zero-order valence-electron chi connectivity index (χ0n) is 7.95. The molecule has 3 rings (SSSR count). The maximum absolute atomic E-state index is 5.50. The Hall–Kier alpha value is -1.55. The summed E-state index contributed by atoms with van der Waals surface area (Å²) >= 11 is 5.21. The van der Waals surface area contributed by atoms with Crippen molar-refractivity contribution in [2.45, 2.75) is 0 Å².